The fraction of sp³-hybridized carbons (Fsp3) is 0.438. The monoisotopic (exact) mass is 290 g/mol. The van der Waals surface area contributed by atoms with E-state index in [1.54, 1.807) is 7.11 Å². The Labute approximate surface area is 124 Å². The number of aliphatic hydroxyl groups excluding tert-OH is 1. The minimum absolute atomic E-state index is 0.0535. The van der Waals surface area contributed by atoms with Crippen molar-refractivity contribution < 1.29 is 9.84 Å². The fourth-order valence-corrected chi connectivity index (χ4v) is 2.42. The van der Waals surface area contributed by atoms with Crippen LogP contribution in [0.3, 0.4) is 0 Å². The first-order valence-corrected chi connectivity index (χ1v) is 6.98. The van der Waals surface area contributed by atoms with Crippen molar-refractivity contribution in [3.05, 3.63) is 45.9 Å². The van der Waals surface area contributed by atoms with Gasteiger partial charge in [-0.05, 0) is 12.1 Å². The first-order chi connectivity index (χ1) is 9.90. The molecule has 0 unspecified atom stereocenters. The molecule has 2 rings (SSSR count). The van der Waals surface area contributed by atoms with Crippen molar-refractivity contribution >= 4 is 0 Å². The van der Waals surface area contributed by atoms with Crippen LogP contribution in [0.5, 0.6) is 5.75 Å². The van der Waals surface area contributed by atoms with E-state index in [1.807, 2.05) is 45.0 Å². The van der Waals surface area contributed by atoms with Crippen LogP contribution < -0.4 is 10.3 Å². The van der Waals surface area contributed by atoms with E-state index >= 15 is 0 Å². The number of methoxy groups -OCH3 is 1. The third-order valence-electron chi connectivity index (χ3n) is 3.42. The van der Waals surface area contributed by atoms with Gasteiger partial charge in [-0.15, -0.1) is 0 Å². The highest BCUT2D eigenvalue weighted by molar-refractivity contribution is 5.46. The van der Waals surface area contributed by atoms with Crippen LogP contribution in [0.2, 0.25) is 0 Å². The molecule has 1 heterocycles. The number of benzene rings is 1. The molecule has 0 aliphatic heterocycles. The molecule has 1 aromatic heterocycles. The summed E-state index contributed by atoms with van der Waals surface area (Å²) in [7, 11) is 1.58. The first-order valence-electron chi connectivity index (χ1n) is 6.98. The molecule has 21 heavy (non-hydrogen) atoms. The molecule has 0 saturated heterocycles. The molecule has 0 saturated carbocycles. The second-order valence-electron chi connectivity index (χ2n) is 6.00. The minimum atomic E-state index is -0.211. The van der Waals surface area contributed by atoms with Crippen molar-refractivity contribution in [3.8, 4) is 11.4 Å². The Morgan fingerprint density at radius 2 is 1.95 bits per heavy atom. The number of aliphatic hydroxyl groups is 1. The van der Waals surface area contributed by atoms with Gasteiger partial charge in [0.05, 0.1) is 7.11 Å². The van der Waals surface area contributed by atoms with Crippen molar-refractivity contribution in [1.82, 2.24) is 9.78 Å². The van der Waals surface area contributed by atoms with Gasteiger partial charge in [0.25, 0.3) is 5.56 Å². The average Bonchev–Trinajstić information content (AvgIpc) is 2.77. The number of rotatable bonds is 4. The lowest BCUT2D eigenvalue weighted by Gasteiger charge is -2.18. The van der Waals surface area contributed by atoms with E-state index in [0.29, 0.717) is 23.4 Å². The van der Waals surface area contributed by atoms with Gasteiger partial charge in [-0.25, -0.2) is 4.68 Å². The van der Waals surface area contributed by atoms with Crippen molar-refractivity contribution in [1.29, 1.82) is 0 Å². The Morgan fingerprint density at radius 3 is 2.52 bits per heavy atom. The van der Waals surface area contributed by atoms with Crippen LogP contribution in [0.1, 0.15) is 32.0 Å². The second kappa shape index (κ2) is 5.77. The molecule has 0 amide bonds. The van der Waals surface area contributed by atoms with Gasteiger partial charge in [0.15, 0.2) is 0 Å². The zero-order chi connectivity index (χ0) is 15.6. The Kier molecular flexibility index (Phi) is 4.23. The van der Waals surface area contributed by atoms with Gasteiger partial charge in [-0.2, -0.15) is 0 Å². The number of nitrogens with zero attached hydrogens (tertiary/aromatic N) is 1. The zero-order valence-electron chi connectivity index (χ0n) is 12.9. The van der Waals surface area contributed by atoms with E-state index in [-0.39, 0.29) is 17.6 Å². The molecule has 5 heteroatoms. The van der Waals surface area contributed by atoms with Crippen LogP contribution in [0, 0.1) is 0 Å². The maximum Gasteiger partial charge on any atom is 0.274 e. The molecule has 0 fully saturated rings. The smallest absolute Gasteiger partial charge is 0.274 e. The van der Waals surface area contributed by atoms with Crippen LogP contribution in [0.4, 0.5) is 0 Å². The third-order valence-corrected chi connectivity index (χ3v) is 3.42. The summed E-state index contributed by atoms with van der Waals surface area (Å²) in [6, 6.07) is 7.35. The van der Waals surface area contributed by atoms with Crippen molar-refractivity contribution in [2.75, 3.05) is 13.7 Å². The quantitative estimate of drug-likeness (QED) is 0.905. The van der Waals surface area contributed by atoms with E-state index in [2.05, 4.69) is 5.10 Å². The lowest BCUT2D eigenvalue weighted by atomic mass is 9.89. The van der Waals surface area contributed by atoms with E-state index in [0.717, 1.165) is 5.69 Å². The van der Waals surface area contributed by atoms with Crippen LogP contribution in [-0.2, 0) is 11.8 Å². The van der Waals surface area contributed by atoms with Crippen LogP contribution >= 0.6 is 0 Å². The number of aromatic nitrogens is 2. The molecular weight excluding hydrogens is 268 g/mol. The predicted molar refractivity (Wildman–Crippen MR) is 82.4 cm³/mol. The zero-order valence-corrected chi connectivity index (χ0v) is 12.9. The highest BCUT2D eigenvalue weighted by Crippen LogP contribution is 2.26. The number of hydrogen-bond acceptors (Lipinski definition) is 3. The fourth-order valence-electron chi connectivity index (χ4n) is 2.42. The molecule has 2 N–H and O–H groups in total. The molecule has 2 aromatic rings. The van der Waals surface area contributed by atoms with Crippen LogP contribution in [0.15, 0.2) is 29.1 Å². The number of hydrogen-bond donors (Lipinski definition) is 2. The van der Waals surface area contributed by atoms with Gasteiger partial charge >= 0.3 is 0 Å². The number of aromatic amines is 1. The summed E-state index contributed by atoms with van der Waals surface area (Å²) in [6.45, 7) is 6.05. The topological polar surface area (TPSA) is 67.2 Å². The summed E-state index contributed by atoms with van der Waals surface area (Å²) < 4.78 is 6.81. The van der Waals surface area contributed by atoms with Gasteiger partial charge in [0.1, 0.15) is 11.4 Å². The molecular formula is C16H22N2O3. The summed E-state index contributed by atoms with van der Waals surface area (Å²) in [5, 5.41) is 12.4. The molecule has 5 nitrogen and oxygen atoms in total. The maximum atomic E-state index is 12.7. The Morgan fingerprint density at radius 1 is 1.29 bits per heavy atom. The van der Waals surface area contributed by atoms with E-state index in [9.17, 15) is 9.90 Å². The lowest BCUT2D eigenvalue weighted by molar-refractivity contribution is 0.298. The van der Waals surface area contributed by atoms with Gasteiger partial charge in [0, 0.05) is 29.7 Å². The van der Waals surface area contributed by atoms with Gasteiger partial charge < -0.3 is 9.84 Å². The SMILES string of the molecule is COc1ccccc1-n1[nH]c(C(C)(C)C)c(CCO)c1=O. The summed E-state index contributed by atoms with van der Waals surface area (Å²) in [5.74, 6) is 0.622. The Hall–Kier alpha value is -2.01. The minimum Gasteiger partial charge on any atom is -0.494 e. The van der Waals surface area contributed by atoms with Crippen LogP contribution in [0.25, 0.3) is 5.69 Å². The molecule has 0 radical (unpaired) electrons. The number of ether oxygens (including phenoxy) is 1. The van der Waals surface area contributed by atoms with E-state index in [1.165, 1.54) is 4.68 Å². The number of nitrogens with one attached hydrogen (secondary N) is 1. The van der Waals surface area contributed by atoms with Crippen LogP contribution in [-0.4, -0.2) is 28.6 Å². The molecule has 0 bridgehead atoms. The lowest BCUT2D eigenvalue weighted by Crippen LogP contribution is -2.19. The standard InChI is InChI=1S/C16H22N2O3/c1-16(2,3)14-11(9-10-19)15(20)18(17-14)12-7-5-6-8-13(12)21-4/h5-8,17,19H,9-10H2,1-4H3. The number of para-hydroxylation sites is 2. The molecule has 0 atom stereocenters. The Balaban J connectivity index is 2.68. The molecule has 114 valence electrons. The second-order valence-corrected chi connectivity index (χ2v) is 6.00. The van der Waals surface area contributed by atoms with Crippen molar-refractivity contribution in [2.45, 2.75) is 32.6 Å². The third kappa shape index (κ3) is 2.88. The van der Waals surface area contributed by atoms with Crippen molar-refractivity contribution in [2.24, 2.45) is 0 Å². The van der Waals surface area contributed by atoms with E-state index < -0.39 is 0 Å². The Bertz CT molecular complexity index is 678. The van der Waals surface area contributed by atoms with Gasteiger partial charge in [-0.1, -0.05) is 32.9 Å². The first kappa shape index (κ1) is 15.4. The summed E-state index contributed by atoms with van der Waals surface area (Å²) >= 11 is 0. The summed E-state index contributed by atoms with van der Waals surface area (Å²) in [5.41, 5.74) is 1.78. The largest absolute Gasteiger partial charge is 0.494 e. The molecule has 0 aliphatic rings. The predicted octanol–water partition coefficient (Wildman–Crippen LogP) is 2.01. The maximum absolute atomic E-state index is 12.7. The van der Waals surface area contributed by atoms with E-state index in [4.69, 9.17) is 4.74 Å². The summed E-state index contributed by atoms with van der Waals surface area (Å²) in [4.78, 5) is 12.7. The average molecular weight is 290 g/mol. The highest BCUT2D eigenvalue weighted by Gasteiger charge is 2.25. The molecule has 1 aromatic carbocycles. The van der Waals surface area contributed by atoms with Crippen molar-refractivity contribution in [3.63, 3.8) is 0 Å². The summed E-state index contributed by atoms with van der Waals surface area (Å²) in [6.07, 6.45) is 0.337. The number of H-pyrrole nitrogens is 1. The molecule has 0 aliphatic carbocycles. The molecule has 0 spiro atoms. The highest BCUT2D eigenvalue weighted by atomic mass is 16.5. The normalized spacial score (nSPS) is 11.7. The van der Waals surface area contributed by atoms with Gasteiger partial charge in [-0.3, -0.25) is 9.89 Å². The van der Waals surface area contributed by atoms with Gasteiger partial charge in [0.2, 0.25) is 0 Å².